The number of aromatic nitrogens is 2. The molecular formula is C11H12N4OS. The van der Waals surface area contributed by atoms with E-state index in [1.165, 1.54) is 6.20 Å². The summed E-state index contributed by atoms with van der Waals surface area (Å²) in [6.45, 7) is 0.570. The summed E-state index contributed by atoms with van der Waals surface area (Å²) in [5.74, 6) is -0.135. The summed E-state index contributed by atoms with van der Waals surface area (Å²) in [4.78, 5) is 12.1. The van der Waals surface area contributed by atoms with Gasteiger partial charge in [-0.3, -0.25) is 4.79 Å². The van der Waals surface area contributed by atoms with Gasteiger partial charge in [-0.15, -0.1) is 5.10 Å². The first-order chi connectivity index (χ1) is 8.25. The van der Waals surface area contributed by atoms with Gasteiger partial charge in [0.2, 0.25) is 0 Å². The molecule has 88 valence electrons. The minimum atomic E-state index is -0.135. The van der Waals surface area contributed by atoms with Crippen LogP contribution in [0.3, 0.4) is 0 Å². The van der Waals surface area contributed by atoms with E-state index in [1.54, 1.807) is 0 Å². The van der Waals surface area contributed by atoms with Gasteiger partial charge >= 0.3 is 0 Å². The van der Waals surface area contributed by atoms with Gasteiger partial charge in [-0.05, 0) is 35.6 Å². The molecule has 5 nitrogen and oxygen atoms in total. The number of nitrogens with one attached hydrogen (secondary N) is 1. The van der Waals surface area contributed by atoms with Crippen LogP contribution in [0.25, 0.3) is 0 Å². The van der Waals surface area contributed by atoms with Crippen molar-refractivity contribution < 1.29 is 4.79 Å². The molecule has 0 saturated carbocycles. The topological polar surface area (TPSA) is 80.9 Å². The van der Waals surface area contributed by atoms with E-state index in [0.717, 1.165) is 29.2 Å². The number of carbonyl (C=O) groups excluding carboxylic acids is 1. The van der Waals surface area contributed by atoms with E-state index in [0.29, 0.717) is 11.4 Å². The van der Waals surface area contributed by atoms with Crippen molar-refractivity contribution in [3.05, 3.63) is 40.9 Å². The van der Waals surface area contributed by atoms with E-state index < -0.39 is 0 Å². The second-order valence-electron chi connectivity index (χ2n) is 3.53. The minimum Gasteiger partial charge on any atom is -0.399 e. The average Bonchev–Trinajstić information content (AvgIpc) is 2.82. The molecule has 1 heterocycles. The van der Waals surface area contributed by atoms with Crippen LogP contribution in [-0.2, 0) is 6.42 Å². The lowest BCUT2D eigenvalue weighted by Crippen LogP contribution is -2.24. The van der Waals surface area contributed by atoms with Gasteiger partial charge in [0.1, 0.15) is 4.88 Å². The summed E-state index contributed by atoms with van der Waals surface area (Å²) in [5.41, 5.74) is 7.51. The molecule has 0 aliphatic carbocycles. The fourth-order valence-electron chi connectivity index (χ4n) is 1.42. The van der Waals surface area contributed by atoms with Crippen molar-refractivity contribution in [2.75, 3.05) is 12.3 Å². The Morgan fingerprint density at radius 1 is 1.47 bits per heavy atom. The average molecular weight is 248 g/mol. The van der Waals surface area contributed by atoms with Crippen LogP contribution in [-0.4, -0.2) is 22.0 Å². The number of anilines is 1. The summed E-state index contributed by atoms with van der Waals surface area (Å²) in [7, 11) is 0. The van der Waals surface area contributed by atoms with E-state index in [1.807, 2.05) is 24.3 Å². The first-order valence-corrected chi connectivity index (χ1v) is 5.93. The Morgan fingerprint density at radius 2 is 2.35 bits per heavy atom. The summed E-state index contributed by atoms with van der Waals surface area (Å²) in [5, 5.41) is 6.42. The Labute approximate surface area is 103 Å². The zero-order valence-corrected chi connectivity index (χ0v) is 9.91. The number of hydrogen-bond donors (Lipinski definition) is 2. The Bertz CT molecular complexity index is 498. The zero-order valence-electron chi connectivity index (χ0n) is 9.09. The quantitative estimate of drug-likeness (QED) is 0.794. The lowest BCUT2D eigenvalue weighted by Gasteiger charge is -2.04. The van der Waals surface area contributed by atoms with E-state index in [2.05, 4.69) is 14.9 Å². The van der Waals surface area contributed by atoms with Gasteiger partial charge in [-0.25, -0.2) is 0 Å². The summed E-state index contributed by atoms with van der Waals surface area (Å²) in [6.07, 6.45) is 2.21. The van der Waals surface area contributed by atoms with Crippen LogP contribution in [0.5, 0.6) is 0 Å². The van der Waals surface area contributed by atoms with Crippen molar-refractivity contribution >= 4 is 23.1 Å². The van der Waals surface area contributed by atoms with Crippen molar-refractivity contribution in [2.45, 2.75) is 6.42 Å². The highest BCUT2D eigenvalue weighted by Gasteiger charge is 2.06. The van der Waals surface area contributed by atoms with Crippen molar-refractivity contribution in [3.63, 3.8) is 0 Å². The lowest BCUT2D eigenvalue weighted by atomic mass is 10.1. The van der Waals surface area contributed by atoms with Gasteiger partial charge in [0, 0.05) is 12.2 Å². The fraction of sp³-hybridized carbons (Fsp3) is 0.182. The van der Waals surface area contributed by atoms with E-state index in [9.17, 15) is 4.79 Å². The van der Waals surface area contributed by atoms with Crippen LogP contribution < -0.4 is 11.1 Å². The molecule has 3 N–H and O–H groups in total. The van der Waals surface area contributed by atoms with Gasteiger partial charge in [0.15, 0.2) is 0 Å². The summed E-state index contributed by atoms with van der Waals surface area (Å²) in [6, 6.07) is 7.63. The molecule has 1 aromatic carbocycles. The second-order valence-corrected chi connectivity index (χ2v) is 4.32. The molecule has 1 amide bonds. The molecule has 0 radical (unpaired) electrons. The number of nitrogens with zero attached hydrogens (tertiary/aromatic N) is 2. The smallest absolute Gasteiger partial charge is 0.264 e. The Hall–Kier alpha value is -1.95. The zero-order chi connectivity index (χ0) is 12.1. The monoisotopic (exact) mass is 248 g/mol. The molecule has 6 heteroatoms. The molecule has 0 unspecified atom stereocenters. The predicted molar refractivity (Wildman–Crippen MR) is 66.8 cm³/mol. The third-order valence-corrected chi connectivity index (χ3v) is 2.90. The van der Waals surface area contributed by atoms with Gasteiger partial charge in [0.25, 0.3) is 5.91 Å². The number of rotatable bonds is 4. The number of benzene rings is 1. The van der Waals surface area contributed by atoms with Gasteiger partial charge in [-0.1, -0.05) is 16.6 Å². The number of amides is 1. The molecule has 2 rings (SSSR count). The number of carbonyl (C=O) groups is 1. The first-order valence-electron chi connectivity index (χ1n) is 5.15. The van der Waals surface area contributed by atoms with E-state index in [4.69, 9.17) is 5.73 Å². The third kappa shape index (κ3) is 3.25. The van der Waals surface area contributed by atoms with Crippen LogP contribution in [0.15, 0.2) is 30.5 Å². The maximum Gasteiger partial charge on any atom is 0.264 e. The molecule has 17 heavy (non-hydrogen) atoms. The predicted octanol–water partition coefficient (Wildman–Crippen LogP) is 1.09. The fourth-order valence-corrected chi connectivity index (χ4v) is 1.85. The van der Waals surface area contributed by atoms with Crippen molar-refractivity contribution in [3.8, 4) is 0 Å². The maximum absolute atomic E-state index is 11.6. The van der Waals surface area contributed by atoms with Crippen LogP contribution in [0.2, 0.25) is 0 Å². The van der Waals surface area contributed by atoms with Gasteiger partial charge in [-0.2, -0.15) is 0 Å². The Morgan fingerprint density at radius 3 is 3.06 bits per heavy atom. The molecule has 0 spiro atoms. The van der Waals surface area contributed by atoms with E-state index in [-0.39, 0.29) is 5.91 Å². The minimum absolute atomic E-state index is 0.135. The molecule has 0 atom stereocenters. The number of hydrogen-bond acceptors (Lipinski definition) is 5. The summed E-state index contributed by atoms with van der Waals surface area (Å²) < 4.78 is 3.64. The first kappa shape index (κ1) is 11.5. The second kappa shape index (κ2) is 5.40. The SMILES string of the molecule is Nc1cccc(CCNC(=O)c2cnns2)c1. The lowest BCUT2D eigenvalue weighted by molar-refractivity contribution is 0.0958. The van der Waals surface area contributed by atoms with Crippen LogP contribution >= 0.6 is 11.5 Å². The van der Waals surface area contributed by atoms with Crippen LogP contribution in [0.1, 0.15) is 15.2 Å². The summed E-state index contributed by atoms with van der Waals surface area (Å²) >= 11 is 1.09. The van der Waals surface area contributed by atoms with Gasteiger partial charge < -0.3 is 11.1 Å². The van der Waals surface area contributed by atoms with Crippen LogP contribution in [0, 0.1) is 0 Å². The molecule has 0 saturated heterocycles. The standard InChI is InChI=1S/C11H12N4OS/c12-9-3-1-2-8(6-9)4-5-13-11(16)10-7-14-15-17-10/h1-3,6-7H,4-5,12H2,(H,13,16). The molecule has 0 aliphatic rings. The van der Waals surface area contributed by atoms with Crippen molar-refractivity contribution in [2.24, 2.45) is 0 Å². The highest BCUT2D eigenvalue weighted by Crippen LogP contribution is 2.07. The molecule has 0 bridgehead atoms. The normalized spacial score (nSPS) is 10.1. The Balaban J connectivity index is 1.82. The third-order valence-electron chi connectivity index (χ3n) is 2.24. The maximum atomic E-state index is 11.6. The van der Waals surface area contributed by atoms with Gasteiger partial charge in [0.05, 0.1) is 6.20 Å². The molecule has 0 fully saturated rings. The largest absolute Gasteiger partial charge is 0.399 e. The number of nitrogens with two attached hydrogens (primary N) is 1. The van der Waals surface area contributed by atoms with Crippen molar-refractivity contribution in [1.82, 2.24) is 14.9 Å². The van der Waals surface area contributed by atoms with Crippen molar-refractivity contribution in [1.29, 1.82) is 0 Å². The highest BCUT2D eigenvalue weighted by atomic mass is 32.1. The molecule has 0 aliphatic heterocycles. The number of nitrogen functional groups attached to an aromatic ring is 1. The Kier molecular flexibility index (Phi) is 3.66. The van der Waals surface area contributed by atoms with Crippen LogP contribution in [0.4, 0.5) is 5.69 Å². The highest BCUT2D eigenvalue weighted by molar-refractivity contribution is 7.07. The molecule has 2 aromatic rings. The molecular weight excluding hydrogens is 236 g/mol. The molecule has 1 aromatic heterocycles. The van der Waals surface area contributed by atoms with E-state index >= 15 is 0 Å².